The number of amides is 1. The zero-order valence-corrected chi connectivity index (χ0v) is 17.5. The number of hydrogen-bond acceptors (Lipinski definition) is 6. The molecule has 1 heterocycles. The van der Waals surface area contributed by atoms with Crippen LogP contribution in [-0.2, 0) is 4.74 Å². The molecule has 8 nitrogen and oxygen atoms in total. The summed E-state index contributed by atoms with van der Waals surface area (Å²) in [6.45, 7) is 5.79. The van der Waals surface area contributed by atoms with Gasteiger partial charge in [-0.15, -0.1) is 0 Å². The van der Waals surface area contributed by atoms with Gasteiger partial charge in [-0.1, -0.05) is 30.3 Å². The Labute approximate surface area is 179 Å². The number of ether oxygens (including phenoxy) is 2. The molecule has 8 heteroatoms. The van der Waals surface area contributed by atoms with Gasteiger partial charge in [0.2, 0.25) is 0 Å². The third kappa shape index (κ3) is 4.80. The van der Waals surface area contributed by atoms with Crippen LogP contribution in [0.2, 0.25) is 0 Å². The number of benzene rings is 2. The largest absolute Gasteiger partial charge is 0.493 e. The van der Waals surface area contributed by atoms with Crippen LogP contribution in [-0.4, -0.2) is 34.9 Å². The molecule has 0 saturated carbocycles. The van der Waals surface area contributed by atoms with E-state index < -0.39 is 17.4 Å². The summed E-state index contributed by atoms with van der Waals surface area (Å²) >= 11 is 0. The molecule has 0 fully saturated rings. The lowest BCUT2D eigenvalue weighted by molar-refractivity contribution is 0.0518. The molecule has 160 valence electrons. The average molecular weight is 421 g/mol. The highest BCUT2D eigenvalue weighted by atomic mass is 16.5. The maximum Gasteiger partial charge on any atom is 0.360 e. The van der Waals surface area contributed by atoms with Gasteiger partial charge in [-0.2, -0.15) is 9.78 Å². The highest BCUT2D eigenvalue weighted by Gasteiger charge is 2.22. The van der Waals surface area contributed by atoms with Crippen LogP contribution in [0.15, 0.2) is 59.4 Å². The lowest BCUT2D eigenvalue weighted by Gasteiger charge is -2.14. The first kappa shape index (κ1) is 21.8. The Hall–Kier alpha value is -3.94. The summed E-state index contributed by atoms with van der Waals surface area (Å²) in [6.07, 6.45) is 0. The SMILES string of the molecule is CCOC(=O)c1nn(-c2ccccc2C)c(=O)cc1NC(=O)c1ccccc1OCC. The lowest BCUT2D eigenvalue weighted by Crippen LogP contribution is -2.27. The van der Waals surface area contributed by atoms with Gasteiger partial charge in [-0.3, -0.25) is 9.59 Å². The Morgan fingerprint density at radius 1 is 1.03 bits per heavy atom. The molecule has 0 bridgehead atoms. The predicted molar refractivity (Wildman–Crippen MR) is 116 cm³/mol. The Morgan fingerprint density at radius 3 is 2.45 bits per heavy atom. The minimum absolute atomic E-state index is 0.0374. The van der Waals surface area contributed by atoms with E-state index in [2.05, 4.69) is 10.4 Å². The van der Waals surface area contributed by atoms with Crippen molar-refractivity contribution in [2.75, 3.05) is 18.5 Å². The summed E-state index contributed by atoms with van der Waals surface area (Å²) in [5, 5.41) is 6.81. The van der Waals surface area contributed by atoms with Gasteiger partial charge >= 0.3 is 5.97 Å². The zero-order valence-electron chi connectivity index (χ0n) is 17.5. The van der Waals surface area contributed by atoms with Crippen LogP contribution in [0, 0.1) is 6.92 Å². The molecule has 0 unspecified atom stereocenters. The van der Waals surface area contributed by atoms with Crippen molar-refractivity contribution >= 4 is 17.6 Å². The molecule has 3 rings (SSSR count). The van der Waals surface area contributed by atoms with Crippen molar-refractivity contribution in [2.45, 2.75) is 20.8 Å². The summed E-state index contributed by atoms with van der Waals surface area (Å²) in [5.41, 5.74) is 0.876. The highest BCUT2D eigenvalue weighted by molar-refractivity contribution is 6.08. The standard InChI is InChI=1S/C23H23N3O5/c1-4-30-19-13-9-7-11-16(19)22(28)24-17-14-20(27)26(18-12-8-6-10-15(18)3)25-21(17)23(29)31-5-2/h6-14H,4-5H2,1-3H3,(H,24,28). The first-order chi connectivity index (χ1) is 15.0. The third-order valence-corrected chi connectivity index (χ3v) is 4.42. The van der Waals surface area contributed by atoms with Crippen molar-refractivity contribution in [3.63, 3.8) is 0 Å². The Morgan fingerprint density at radius 2 is 1.74 bits per heavy atom. The number of carbonyl (C=O) groups excluding carboxylic acids is 2. The fourth-order valence-electron chi connectivity index (χ4n) is 3.00. The topological polar surface area (TPSA) is 99.5 Å². The second-order valence-electron chi connectivity index (χ2n) is 6.55. The maximum atomic E-state index is 12.9. The number of esters is 1. The van der Waals surface area contributed by atoms with Crippen LogP contribution in [0.5, 0.6) is 5.75 Å². The molecule has 1 amide bonds. The minimum Gasteiger partial charge on any atom is -0.493 e. The molecular weight excluding hydrogens is 398 g/mol. The number of nitrogens with zero attached hydrogens (tertiary/aromatic N) is 2. The molecular formula is C23H23N3O5. The first-order valence-electron chi connectivity index (χ1n) is 9.87. The minimum atomic E-state index is -0.752. The molecule has 1 N–H and O–H groups in total. The molecule has 0 aliphatic carbocycles. The third-order valence-electron chi connectivity index (χ3n) is 4.42. The quantitative estimate of drug-likeness (QED) is 0.587. The Bertz CT molecular complexity index is 1170. The average Bonchev–Trinajstić information content (AvgIpc) is 2.75. The number of para-hydroxylation sites is 2. The van der Waals surface area contributed by atoms with Crippen LogP contribution in [0.1, 0.15) is 40.3 Å². The summed E-state index contributed by atoms with van der Waals surface area (Å²) in [5.74, 6) is -0.899. The summed E-state index contributed by atoms with van der Waals surface area (Å²) in [7, 11) is 0. The second kappa shape index (κ2) is 9.71. The van der Waals surface area contributed by atoms with Crippen LogP contribution >= 0.6 is 0 Å². The molecule has 3 aromatic rings. The van der Waals surface area contributed by atoms with Crippen LogP contribution in [0.3, 0.4) is 0 Å². The highest BCUT2D eigenvalue weighted by Crippen LogP contribution is 2.21. The van der Waals surface area contributed by atoms with Crippen molar-refractivity contribution in [1.82, 2.24) is 9.78 Å². The second-order valence-corrected chi connectivity index (χ2v) is 6.55. The fraction of sp³-hybridized carbons (Fsp3) is 0.217. The van der Waals surface area contributed by atoms with E-state index in [0.29, 0.717) is 18.0 Å². The van der Waals surface area contributed by atoms with Crippen LogP contribution in [0.25, 0.3) is 5.69 Å². The molecule has 0 saturated heterocycles. The Kier molecular flexibility index (Phi) is 6.81. The van der Waals surface area contributed by atoms with E-state index in [9.17, 15) is 14.4 Å². The van der Waals surface area contributed by atoms with E-state index in [1.807, 2.05) is 26.0 Å². The molecule has 2 aromatic carbocycles. The number of anilines is 1. The van der Waals surface area contributed by atoms with Gasteiger partial charge in [0.1, 0.15) is 5.75 Å². The van der Waals surface area contributed by atoms with Gasteiger partial charge in [-0.25, -0.2) is 4.79 Å². The van der Waals surface area contributed by atoms with E-state index in [1.54, 1.807) is 43.3 Å². The van der Waals surface area contributed by atoms with Crippen molar-refractivity contribution in [3.05, 3.63) is 81.8 Å². The molecule has 1 aromatic heterocycles. The first-order valence-corrected chi connectivity index (χ1v) is 9.87. The summed E-state index contributed by atoms with van der Waals surface area (Å²) < 4.78 is 11.7. The van der Waals surface area contributed by atoms with E-state index in [4.69, 9.17) is 9.47 Å². The normalized spacial score (nSPS) is 10.4. The molecule has 0 aliphatic heterocycles. The fourth-order valence-corrected chi connectivity index (χ4v) is 3.00. The smallest absolute Gasteiger partial charge is 0.360 e. The van der Waals surface area contributed by atoms with Gasteiger partial charge < -0.3 is 14.8 Å². The van der Waals surface area contributed by atoms with Crippen LogP contribution < -0.4 is 15.6 Å². The van der Waals surface area contributed by atoms with Crippen molar-refractivity contribution in [2.24, 2.45) is 0 Å². The van der Waals surface area contributed by atoms with E-state index >= 15 is 0 Å². The lowest BCUT2D eigenvalue weighted by atomic mass is 10.1. The molecule has 31 heavy (non-hydrogen) atoms. The Balaban J connectivity index is 2.07. The monoisotopic (exact) mass is 421 g/mol. The van der Waals surface area contributed by atoms with Gasteiger partial charge in [-0.05, 0) is 44.5 Å². The van der Waals surface area contributed by atoms with Crippen molar-refractivity contribution in [1.29, 1.82) is 0 Å². The number of nitrogens with one attached hydrogen (secondary N) is 1. The van der Waals surface area contributed by atoms with E-state index in [-0.39, 0.29) is 23.6 Å². The number of aromatic nitrogens is 2. The summed E-state index contributed by atoms with van der Waals surface area (Å²) in [6, 6.07) is 15.0. The summed E-state index contributed by atoms with van der Waals surface area (Å²) in [4.78, 5) is 38.2. The number of hydrogen-bond donors (Lipinski definition) is 1. The van der Waals surface area contributed by atoms with Gasteiger partial charge in [0.05, 0.1) is 30.2 Å². The molecule has 0 radical (unpaired) electrons. The van der Waals surface area contributed by atoms with E-state index in [0.717, 1.165) is 16.3 Å². The van der Waals surface area contributed by atoms with Gasteiger partial charge in [0.15, 0.2) is 5.69 Å². The van der Waals surface area contributed by atoms with Gasteiger partial charge in [0, 0.05) is 6.07 Å². The number of aryl methyl sites for hydroxylation is 1. The van der Waals surface area contributed by atoms with E-state index in [1.165, 1.54) is 0 Å². The maximum absolute atomic E-state index is 12.9. The zero-order chi connectivity index (χ0) is 22.4. The van der Waals surface area contributed by atoms with Gasteiger partial charge in [0.25, 0.3) is 11.5 Å². The number of carbonyl (C=O) groups is 2. The number of rotatable bonds is 7. The molecule has 0 aliphatic rings. The predicted octanol–water partition coefficient (Wildman–Crippen LogP) is 3.37. The molecule has 0 spiro atoms. The van der Waals surface area contributed by atoms with Crippen molar-refractivity contribution in [3.8, 4) is 11.4 Å². The molecule has 0 atom stereocenters. The van der Waals surface area contributed by atoms with Crippen molar-refractivity contribution < 1.29 is 19.1 Å². The van der Waals surface area contributed by atoms with Crippen LogP contribution in [0.4, 0.5) is 5.69 Å².